The molecule has 0 saturated carbocycles. The molecule has 0 spiro atoms. The van der Waals surface area contributed by atoms with Crippen LogP contribution in [0.5, 0.6) is 0 Å². The third-order valence-electron chi connectivity index (χ3n) is 4.59. The molecular weight excluding hydrogens is 314 g/mol. The van der Waals surface area contributed by atoms with Crippen LogP contribution in [0, 0.1) is 13.8 Å². The summed E-state index contributed by atoms with van der Waals surface area (Å²) in [5, 5.41) is 17.3. The Labute approximate surface area is 150 Å². The summed E-state index contributed by atoms with van der Waals surface area (Å²) in [6.07, 6.45) is 1.48. The highest BCUT2D eigenvalue weighted by Gasteiger charge is 2.19. The van der Waals surface area contributed by atoms with Crippen molar-refractivity contribution in [3.63, 3.8) is 0 Å². The van der Waals surface area contributed by atoms with Crippen LogP contribution >= 0.6 is 0 Å². The first-order valence-corrected chi connectivity index (χ1v) is 8.71. The smallest absolute Gasteiger partial charge is 0.251 e. The molecule has 5 heteroatoms. The molecule has 5 nitrogen and oxygen atoms in total. The van der Waals surface area contributed by atoms with Crippen LogP contribution in [0.25, 0.3) is 0 Å². The number of benzene rings is 1. The Morgan fingerprint density at radius 3 is 2.36 bits per heavy atom. The summed E-state index contributed by atoms with van der Waals surface area (Å²) >= 11 is 0. The standard InChI is InChI=1S/C20H29N3O2/c1-13(18-14(2)22-23(6)15(18)3)21-19(24)17-9-7-16(8-10-17)11-12-20(4,5)25/h7-10,13,25H,11-12H2,1-6H3,(H,21,24)/t13-/m1/s1. The summed E-state index contributed by atoms with van der Waals surface area (Å²) in [6.45, 7) is 9.56. The van der Waals surface area contributed by atoms with Gasteiger partial charge in [0.15, 0.2) is 0 Å². The molecule has 0 bridgehead atoms. The van der Waals surface area contributed by atoms with Crippen LogP contribution in [-0.2, 0) is 13.5 Å². The Balaban J connectivity index is 2.03. The number of carbonyl (C=O) groups excluding carboxylic acids is 1. The predicted octanol–water partition coefficient (Wildman–Crippen LogP) is 3.23. The van der Waals surface area contributed by atoms with Crippen molar-refractivity contribution in [2.24, 2.45) is 7.05 Å². The molecule has 2 aromatic rings. The van der Waals surface area contributed by atoms with Crippen LogP contribution in [-0.4, -0.2) is 26.4 Å². The predicted molar refractivity (Wildman–Crippen MR) is 99.6 cm³/mol. The molecule has 0 saturated heterocycles. The molecule has 136 valence electrons. The van der Waals surface area contributed by atoms with E-state index in [-0.39, 0.29) is 11.9 Å². The number of aryl methyl sites for hydroxylation is 3. The number of amides is 1. The van der Waals surface area contributed by atoms with Crippen LogP contribution in [0.3, 0.4) is 0 Å². The topological polar surface area (TPSA) is 67.2 Å². The summed E-state index contributed by atoms with van der Waals surface area (Å²) in [5.74, 6) is -0.0933. The summed E-state index contributed by atoms with van der Waals surface area (Å²) in [6, 6.07) is 7.48. The second-order valence-corrected chi connectivity index (χ2v) is 7.41. The van der Waals surface area contributed by atoms with Crippen molar-refractivity contribution in [2.45, 2.75) is 59.1 Å². The average Bonchev–Trinajstić information content (AvgIpc) is 2.77. The van der Waals surface area contributed by atoms with Gasteiger partial charge in [-0.15, -0.1) is 0 Å². The Kier molecular flexibility index (Phi) is 5.68. The SMILES string of the molecule is Cc1nn(C)c(C)c1[C@@H](C)NC(=O)c1ccc(CCC(C)(C)O)cc1. The van der Waals surface area contributed by atoms with E-state index in [9.17, 15) is 9.90 Å². The molecule has 0 aliphatic carbocycles. The average molecular weight is 343 g/mol. The summed E-state index contributed by atoms with van der Waals surface area (Å²) in [5.41, 5.74) is 4.15. The van der Waals surface area contributed by atoms with Crippen molar-refractivity contribution in [3.8, 4) is 0 Å². The number of carbonyl (C=O) groups is 1. The highest BCUT2D eigenvalue weighted by atomic mass is 16.3. The van der Waals surface area contributed by atoms with E-state index < -0.39 is 5.60 Å². The van der Waals surface area contributed by atoms with Gasteiger partial charge in [-0.25, -0.2) is 0 Å². The van der Waals surface area contributed by atoms with Crippen LogP contribution in [0.4, 0.5) is 0 Å². The largest absolute Gasteiger partial charge is 0.390 e. The van der Waals surface area contributed by atoms with Crippen molar-refractivity contribution < 1.29 is 9.90 Å². The first-order chi connectivity index (χ1) is 11.6. The number of hydrogen-bond acceptors (Lipinski definition) is 3. The monoisotopic (exact) mass is 343 g/mol. The molecule has 1 atom stereocenters. The zero-order valence-corrected chi connectivity index (χ0v) is 16.1. The molecule has 0 unspecified atom stereocenters. The first-order valence-electron chi connectivity index (χ1n) is 8.71. The van der Waals surface area contributed by atoms with Gasteiger partial charge in [-0.2, -0.15) is 5.10 Å². The van der Waals surface area contributed by atoms with Gasteiger partial charge in [-0.05, 0) is 65.2 Å². The van der Waals surface area contributed by atoms with Crippen LogP contribution in [0.2, 0.25) is 0 Å². The fraction of sp³-hybridized carbons (Fsp3) is 0.500. The normalized spacial score (nSPS) is 12.9. The lowest BCUT2D eigenvalue weighted by atomic mass is 9.98. The number of aliphatic hydroxyl groups is 1. The molecule has 0 radical (unpaired) electrons. The van der Waals surface area contributed by atoms with E-state index in [1.807, 2.05) is 56.8 Å². The van der Waals surface area contributed by atoms with Gasteiger partial charge in [0.2, 0.25) is 0 Å². The Bertz CT molecular complexity index is 740. The molecule has 1 aromatic carbocycles. The van der Waals surface area contributed by atoms with Crippen LogP contribution in [0.1, 0.15) is 66.1 Å². The van der Waals surface area contributed by atoms with Gasteiger partial charge in [0.25, 0.3) is 5.91 Å². The lowest BCUT2D eigenvalue weighted by molar-refractivity contribution is 0.0713. The lowest BCUT2D eigenvalue weighted by Crippen LogP contribution is -2.27. The van der Waals surface area contributed by atoms with Crippen molar-refractivity contribution >= 4 is 5.91 Å². The Morgan fingerprint density at radius 1 is 1.28 bits per heavy atom. The molecule has 0 aliphatic heterocycles. The van der Waals surface area contributed by atoms with Crippen LogP contribution in [0.15, 0.2) is 24.3 Å². The summed E-state index contributed by atoms with van der Waals surface area (Å²) < 4.78 is 1.84. The quantitative estimate of drug-likeness (QED) is 0.846. The fourth-order valence-electron chi connectivity index (χ4n) is 3.04. The summed E-state index contributed by atoms with van der Waals surface area (Å²) in [7, 11) is 1.91. The van der Waals surface area contributed by atoms with Gasteiger partial charge in [0, 0.05) is 23.9 Å². The van der Waals surface area contributed by atoms with Gasteiger partial charge in [-0.1, -0.05) is 12.1 Å². The molecule has 0 fully saturated rings. The van der Waals surface area contributed by atoms with Gasteiger partial charge < -0.3 is 10.4 Å². The Hall–Kier alpha value is -2.14. The Morgan fingerprint density at radius 2 is 1.88 bits per heavy atom. The van der Waals surface area contributed by atoms with Crippen molar-refractivity contribution in [1.82, 2.24) is 15.1 Å². The second-order valence-electron chi connectivity index (χ2n) is 7.41. The van der Waals surface area contributed by atoms with E-state index in [4.69, 9.17) is 0 Å². The maximum atomic E-state index is 12.5. The van der Waals surface area contributed by atoms with E-state index in [0.29, 0.717) is 12.0 Å². The van der Waals surface area contributed by atoms with Gasteiger partial charge in [0.05, 0.1) is 17.3 Å². The molecule has 1 amide bonds. The van der Waals surface area contributed by atoms with E-state index >= 15 is 0 Å². The maximum absolute atomic E-state index is 12.5. The number of rotatable bonds is 6. The maximum Gasteiger partial charge on any atom is 0.251 e. The molecular formula is C20H29N3O2. The van der Waals surface area contributed by atoms with Gasteiger partial charge in [0.1, 0.15) is 0 Å². The second kappa shape index (κ2) is 7.40. The molecule has 0 aliphatic rings. The highest BCUT2D eigenvalue weighted by Crippen LogP contribution is 2.21. The van der Waals surface area contributed by atoms with E-state index in [0.717, 1.165) is 28.9 Å². The molecule has 1 aromatic heterocycles. The minimum Gasteiger partial charge on any atom is -0.390 e. The van der Waals surface area contributed by atoms with Gasteiger partial charge in [-0.3, -0.25) is 9.48 Å². The molecule has 25 heavy (non-hydrogen) atoms. The number of nitrogens with one attached hydrogen (secondary N) is 1. The molecule has 1 heterocycles. The minimum absolute atomic E-state index is 0.0933. The first kappa shape index (κ1) is 19.2. The molecule has 2 N–H and O–H groups in total. The summed E-state index contributed by atoms with van der Waals surface area (Å²) in [4.78, 5) is 12.5. The number of hydrogen-bond donors (Lipinski definition) is 2. The van der Waals surface area contributed by atoms with E-state index in [1.54, 1.807) is 13.8 Å². The van der Waals surface area contributed by atoms with E-state index in [2.05, 4.69) is 10.4 Å². The van der Waals surface area contributed by atoms with Crippen molar-refractivity contribution in [1.29, 1.82) is 0 Å². The molecule has 2 rings (SSSR count). The van der Waals surface area contributed by atoms with Crippen molar-refractivity contribution in [3.05, 3.63) is 52.3 Å². The lowest BCUT2D eigenvalue weighted by Gasteiger charge is -2.17. The fourth-order valence-corrected chi connectivity index (χ4v) is 3.04. The third kappa shape index (κ3) is 4.92. The number of aromatic nitrogens is 2. The highest BCUT2D eigenvalue weighted by molar-refractivity contribution is 5.94. The zero-order chi connectivity index (χ0) is 18.8. The third-order valence-corrected chi connectivity index (χ3v) is 4.59. The van der Waals surface area contributed by atoms with E-state index in [1.165, 1.54) is 0 Å². The number of nitrogens with zero attached hydrogens (tertiary/aromatic N) is 2. The zero-order valence-electron chi connectivity index (χ0n) is 16.1. The minimum atomic E-state index is -0.676. The van der Waals surface area contributed by atoms with Gasteiger partial charge >= 0.3 is 0 Å². The van der Waals surface area contributed by atoms with Crippen molar-refractivity contribution in [2.75, 3.05) is 0 Å². The van der Waals surface area contributed by atoms with Crippen LogP contribution < -0.4 is 5.32 Å².